The molecule has 2 N–H and O–H groups in total. The number of carbonyl (C=O) groups excluding carboxylic acids is 1. The quantitative estimate of drug-likeness (QED) is 0.497. The van der Waals surface area contributed by atoms with Crippen LogP contribution >= 0.6 is 23.2 Å². The number of nitrogens with zero attached hydrogens (tertiary/aromatic N) is 1. The third kappa shape index (κ3) is 6.45. The van der Waals surface area contributed by atoms with Crippen LogP contribution in [0, 0.1) is 0 Å². The van der Waals surface area contributed by atoms with Gasteiger partial charge in [-0.3, -0.25) is 0 Å². The van der Waals surface area contributed by atoms with Crippen LogP contribution in [0.25, 0.3) is 0 Å². The Bertz CT molecular complexity index is 980. The lowest BCUT2D eigenvalue weighted by Gasteiger charge is -2.36. The van der Waals surface area contributed by atoms with E-state index in [1.165, 1.54) is 4.90 Å². The highest BCUT2D eigenvalue weighted by Gasteiger charge is 2.37. The molecule has 1 aliphatic heterocycles. The zero-order chi connectivity index (χ0) is 24.4. The van der Waals surface area contributed by atoms with Crippen molar-refractivity contribution in [2.24, 2.45) is 0 Å². The summed E-state index contributed by atoms with van der Waals surface area (Å²) in [4.78, 5) is 14.3. The Morgan fingerprint density at radius 1 is 1.00 bits per heavy atom. The summed E-state index contributed by atoms with van der Waals surface area (Å²) in [5.74, 6) is 0. The summed E-state index contributed by atoms with van der Waals surface area (Å²) in [7, 11) is 0. The van der Waals surface area contributed by atoms with E-state index < -0.39 is 29.5 Å². The summed E-state index contributed by atoms with van der Waals surface area (Å²) in [5.41, 5.74) is -2.22. The molecule has 33 heavy (non-hydrogen) atoms. The number of nitrogens with one attached hydrogen (secondary N) is 2. The molecule has 1 aliphatic rings. The molecule has 3 rings (SSSR count). The van der Waals surface area contributed by atoms with Crippen LogP contribution in [0.15, 0.2) is 36.4 Å². The van der Waals surface area contributed by atoms with E-state index in [0.717, 1.165) is 5.56 Å². The molecule has 1 heterocycles. The summed E-state index contributed by atoms with van der Waals surface area (Å²) >= 11 is 12.0. The molecule has 0 bridgehead atoms. The second-order valence-electron chi connectivity index (χ2n) is 7.48. The molecule has 0 saturated carbocycles. The number of piperazine rings is 1. The third-order valence-corrected chi connectivity index (χ3v) is 5.91. The highest BCUT2D eigenvalue weighted by molar-refractivity contribution is 6.42. The Morgan fingerprint density at radius 2 is 1.64 bits per heavy atom. The van der Waals surface area contributed by atoms with Crippen LogP contribution in [-0.2, 0) is 18.8 Å². The fourth-order valence-electron chi connectivity index (χ4n) is 3.54. The van der Waals surface area contributed by atoms with Gasteiger partial charge in [-0.05, 0) is 47.9 Å². The van der Waals surface area contributed by atoms with E-state index in [1.807, 2.05) is 0 Å². The molecule has 12 heteroatoms. The minimum atomic E-state index is -4.92. The monoisotopic (exact) mass is 513 g/mol. The first-order valence-corrected chi connectivity index (χ1v) is 10.6. The molecule has 0 aliphatic carbocycles. The summed E-state index contributed by atoms with van der Waals surface area (Å²) in [6.07, 6.45) is -10.1. The molecule has 0 aromatic heterocycles. The number of amides is 2. The minimum Gasteiger partial charge on any atom is -0.338 e. The average molecular weight is 514 g/mol. The van der Waals surface area contributed by atoms with Crippen molar-refractivity contribution in [3.8, 4) is 0 Å². The number of urea groups is 1. The largest absolute Gasteiger partial charge is 0.416 e. The van der Waals surface area contributed by atoms with Crippen LogP contribution in [0.3, 0.4) is 0 Å². The number of alkyl halides is 6. The smallest absolute Gasteiger partial charge is 0.338 e. The number of benzene rings is 2. The molecule has 1 unspecified atom stereocenters. The summed E-state index contributed by atoms with van der Waals surface area (Å²) in [6, 6.07) is 5.50. The first kappa shape index (κ1) is 25.5. The summed E-state index contributed by atoms with van der Waals surface area (Å²) in [6.45, 7) is 1.16. The van der Waals surface area contributed by atoms with E-state index in [-0.39, 0.29) is 30.6 Å². The van der Waals surface area contributed by atoms with Gasteiger partial charge in [-0.15, -0.1) is 0 Å². The Balaban J connectivity index is 1.70. The van der Waals surface area contributed by atoms with Gasteiger partial charge in [0.2, 0.25) is 0 Å². The van der Waals surface area contributed by atoms with Crippen molar-refractivity contribution in [2.75, 3.05) is 26.2 Å². The maximum absolute atomic E-state index is 13.0. The lowest BCUT2D eigenvalue weighted by atomic mass is 10.0. The molecule has 2 aromatic carbocycles. The molecule has 1 saturated heterocycles. The van der Waals surface area contributed by atoms with Gasteiger partial charge in [-0.2, -0.15) is 26.3 Å². The van der Waals surface area contributed by atoms with Gasteiger partial charge >= 0.3 is 18.4 Å². The van der Waals surface area contributed by atoms with E-state index >= 15 is 0 Å². The van der Waals surface area contributed by atoms with Gasteiger partial charge < -0.3 is 15.5 Å². The fourth-order valence-corrected chi connectivity index (χ4v) is 3.85. The predicted molar refractivity (Wildman–Crippen MR) is 112 cm³/mol. The molecule has 1 fully saturated rings. The van der Waals surface area contributed by atoms with E-state index in [2.05, 4.69) is 10.6 Å². The fraction of sp³-hybridized carbons (Fsp3) is 0.381. The van der Waals surface area contributed by atoms with E-state index in [4.69, 9.17) is 23.2 Å². The molecule has 180 valence electrons. The van der Waals surface area contributed by atoms with Crippen LogP contribution in [0.4, 0.5) is 31.1 Å². The second-order valence-corrected chi connectivity index (χ2v) is 8.30. The first-order valence-electron chi connectivity index (χ1n) is 9.85. The standard InChI is InChI=1S/C21H19Cl2F6N3O/c22-16-2-1-13(9-17(16)23)18-11-30-5-6-32(18)19(33)31-4-3-12-7-14(20(24,25)26)10-15(8-12)21(27,28)29/h1-2,7-10,18,30H,3-6,11H2,(H,31,33). The van der Waals surface area contributed by atoms with Crippen LogP contribution in [-0.4, -0.2) is 37.1 Å². The maximum atomic E-state index is 13.0. The van der Waals surface area contributed by atoms with Crippen LogP contribution < -0.4 is 10.6 Å². The number of rotatable bonds is 4. The number of hydrogen-bond acceptors (Lipinski definition) is 2. The van der Waals surface area contributed by atoms with E-state index in [0.29, 0.717) is 41.8 Å². The third-order valence-electron chi connectivity index (χ3n) is 5.17. The lowest BCUT2D eigenvalue weighted by molar-refractivity contribution is -0.143. The first-order chi connectivity index (χ1) is 15.4. The van der Waals surface area contributed by atoms with Crippen molar-refractivity contribution < 1.29 is 31.1 Å². The molecule has 1 atom stereocenters. The number of halogens is 8. The molecule has 4 nitrogen and oxygen atoms in total. The van der Waals surface area contributed by atoms with Crippen molar-refractivity contribution in [1.29, 1.82) is 0 Å². The van der Waals surface area contributed by atoms with Crippen molar-refractivity contribution in [3.63, 3.8) is 0 Å². The molecule has 0 radical (unpaired) electrons. The minimum absolute atomic E-state index is 0.0741. The molecular weight excluding hydrogens is 495 g/mol. The van der Waals surface area contributed by atoms with Crippen LogP contribution in [0.1, 0.15) is 28.3 Å². The number of carbonyl (C=O) groups is 1. The highest BCUT2D eigenvalue weighted by atomic mass is 35.5. The average Bonchev–Trinajstić information content (AvgIpc) is 2.74. The van der Waals surface area contributed by atoms with Crippen LogP contribution in [0.5, 0.6) is 0 Å². The van der Waals surface area contributed by atoms with Crippen molar-refractivity contribution in [1.82, 2.24) is 15.5 Å². The maximum Gasteiger partial charge on any atom is 0.416 e. The number of hydrogen-bond donors (Lipinski definition) is 2. The zero-order valence-corrected chi connectivity index (χ0v) is 18.5. The van der Waals surface area contributed by atoms with Crippen LogP contribution in [0.2, 0.25) is 10.0 Å². The van der Waals surface area contributed by atoms with E-state index in [1.54, 1.807) is 18.2 Å². The van der Waals surface area contributed by atoms with Crippen molar-refractivity contribution >= 4 is 29.2 Å². The van der Waals surface area contributed by atoms with Crippen molar-refractivity contribution in [3.05, 3.63) is 68.7 Å². The highest BCUT2D eigenvalue weighted by Crippen LogP contribution is 2.36. The van der Waals surface area contributed by atoms with Gasteiger partial charge in [0, 0.05) is 26.2 Å². The second kappa shape index (κ2) is 9.99. The Morgan fingerprint density at radius 3 is 2.21 bits per heavy atom. The Hall–Kier alpha value is -2.17. The van der Waals surface area contributed by atoms with Gasteiger partial charge in [-0.1, -0.05) is 29.3 Å². The van der Waals surface area contributed by atoms with Gasteiger partial charge in [0.15, 0.2) is 0 Å². The lowest BCUT2D eigenvalue weighted by Crippen LogP contribution is -2.52. The van der Waals surface area contributed by atoms with Crippen molar-refractivity contribution in [2.45, 2.75) is 24.8 Å². The predicted octanol–water partition coefficient (Wildman–Crippen LogP) is 5.93. The van der Waals surface area contributed by atoms with Gasteiger partial charge in [-0.25, -0.2) is 4.79 Å². The molecule has 2 amide bonds. The Kier molecular flexibility index (Phi) is 7.70. The van der Waals surface area contributed by atoms with E-state index in [9.17, 15) is 31.1 Å². The SMILES string of the molecule is O=C(NCCc1cc(C(F)(F)F)cc(C(F)(F)F)c1)N1CCNCC1c1ccc(Cl)c(Cl)c1. The van der Waals surface area contributed by atoms with Gasteiger partial charge in [0.1, 0.15) is 0 Å². The Labute approximate surface area is 195 Å². The van der Waals surface area contributed by atoms with Gasteiger partial charge in [0.05, 0.1) is 27.2 Å². The van der Waals surface area contributed by atoms with Gasteiger partial charge in [0.25, 0.3) is 0 Å². The zero-order valence-electron chi connectivity index (χ0n) is 17.0. The summed E-state index contributed by atoms with van der Waals surface area (Å²) < 4.78 is 78.1. The molecular formula is C21H19Cl2F6N3O. The normalized spacial score (nSPS) is 17.2. The molecule has 0 spiro atoms. The summed E-state index contributed by atoms with van der Waals surface area (Å²) in [5, 5.41) is 6.43. The topological polar surface area (TPSA) is 44.4 Å². The molecule has 2 aromatic rings.